The van der Waals surface area contributed by atoms with Gasteiger partial charge in [0.25, 0.3) is 5.91 Å². The number of hydrogen-bond donors (Lipinski definition) is 2. The number of nitrogens with two attached hydrogens (primary N) is 2. The lowest BCUT2D eigenvalue weighted by Gasteiger charge is -2.38. The summed E-state index contributed by atoms with van der Waals surface area (Å²) in [6.45, 7) is 3.35. The van der Waals surface area contributed by atoms with Gasteiger partial charge in [-0.15, -0.1) is 0 Å². The third-order valence-corrected chi connectivity index (χ3v) is 2.49. The van der Waals surface area contributed by atoms with Crippen molar-refractivity contribution in [1.29, 1.82) is 0 Å². The molecule has 2 heterocycles. The average molecular weight is 206 g/mol. The van der Waals surface area contributed by atoms with Crippen LogP contribution >= 0.6 is 0 Å². The Morgan fingerprint density at radius 2 is 2.20 bits per heavy atom. The Kier molecular flexibility index (Phi) is 2.32. The van der Waals surface area contributed by atoms with Crippen molar-refractivity contribution in [3.63, 3.8) is 0 Å². The van der Waals surface area contributed by atoms with E-state index >= 15 is 0 Å². The van der Waals surface area contributed by atoms with E-state index < -0.39 is 5.91 Å². The molecule has 0 aliphatic carbocycles. The first-order chi connectivity index (χ1) is 7.08. The number of anilines is 1. The highest BCUT2D eigenvalue weighted by Crippen LogP contribution is 2.22. The molecule has 1 aliphatic rings. The van der Waals surface area contributed by atoms with Crippen LogP contribution in [0, 0.1) is 6.92 Å². The van der Waals surface area contributed by atoms with Crippen LogP contribution in [0.3, 0.4) is 0 Å². The van der Waals surface area contributed by atoms with Crippen molar-refractivity contribution in [1.82, 2.24) is 4.98 Å². The van der Waals surface area contributed by atoms with Gasteiger partial charge in [-0.25, -0.2) is 4.98 Å². The summed E-state index contributed by atoms with van der Waals surface area (Å²) in [6, 6.07) is 3.67. The molecule has 1 amide bonds. The molecule has 0 atom stereocenters. The number of hydrogen-bond acceptors (Lipinski definition) is 4. The third kappa shape index (κ3) is 1.78. The van der Waals surface area contributed by atoms with Gasteiger partial charge in [0, 0.05) is 24.8 Å². The molecule has 5 nitrogen and oxygen atoms in total. The van der Waals surface area contributed by atoms with Crippen LogP contribution in [0.1, 0.15) is 16.1 Å². The van der Waals surface area contributed by atoms with E-state index in [1.54, 1.807) is 12.1 Å². The van der Waals surface area contributed by atoms with E-state index in [9.17, 15) is 4.79 Å². The molecule has 0 spiro atoms. The van der Waals surface area contributed by atoms with Gasteiger partial charge in [0.05, 0.1) is 5.56 Å². The van der Waals surface area contributed by atoms with Gasteiger partial charge >= 0.3 is 0 Å². The van der Waals surface area contributed by atoms with Crippen molar-refractivity contribution < 1.29 is 4.79 Å². The van der Waals surface area contributed by atoms with Gasteiger partial charge in [-0.1, -0.05) is 0 Å². The molecule has 1 aromatic heterocycles. The Hall–Kier alpha value is -1.62. The lowest BCUT2D eigenvalue weighted by Crippen LogP contribution is -2.56. The number of nitrogens with zero attached hydrogens (tertiary/aromatic N) is 2. The number of primary amides is 1. The topological polar surface area (TPSA) is 85.2 Å². The molecule has 80 valence electrons. The summed E-state index contributed by atoms with van der Waals surface area (Å²) in [5.74, 6) is 0.210. The molecule has 0 radical (unpaired) electrons. The maximum atomic E-state index is 11.2. The number of pyridine rings is 1. The fraction of sp³-hybridized carbons (Fsp3) is 0.400. The zero-order chi connectivity index (χ0) is 11.0. The molecule has 1 aliphatic heterocycles. The Bertz CT molecular complexity index is 398. The van der Waals surface area contributed by atoms with Gasteiger partial charge in [0.2, 0.25) is 0 Å². The van der Waals surface area contributed by atoms with Gasteiger partial charge in [0.15, 0.2) is 0 Å². The fourth-order valence-corrected chi connectivity index (χ4v) is 1.66. The predicted molar refractivity (Wildman–Crippen MR) is 57.7 cm³/mol. The number of aromatic nitrogens is 1. The molecule has 15 heavy (non-hydrogen) atoms. The second-order valence-corrected chi connectivity index (χ2v) is 3.85. The Labute approximate surface area is 88.1 Å². The quantitative estimate of drug-likeness (QED) is 0.691. The highest BCUT2D eigenvalue weighted by Gasteiger charge is 2.27. The summed E-state index contributed by atoms with van der Waals surface area (Å²) < 4.78 is 0. The van der Waals surface area contributed by atoms with Crippen molar-refractivity contribution >= 4 is 11.7 Å². The zero-order valence-corrected chi connectivity index (χ0v) is 8.60. The first-order valence-corrected chi connectivity index (χ1v) is 4.86. The van der Waals surface area contributed by atoms with Gasteiger partial charge in [-0.3, -0.25) is 4.79 Å². The molecule has 5 heteroatoms. The van der Waals surface area contributed by atoms with Crippen molar-refractivity contribution in [2.75, 3.05) is 18.0 Å². The Morgan fingerprint density at radius 3 is 2.73 bits per heavy atom. The number of amides is 1. The Balaban J connectivity index is 2.35. The number of rotatable bonds is 2. The lowest BCUT2D eigenvalue weighted by molar-refractivity contribution is 0.1000. The van der Waals surface area contributed by atoms with Crippen molar-refractivity contribution in [2.45, 2.75) is 13.0 Å². The zero-order valence-electron chi connectivity index (χ0n) is 8.60. The highest BCUT2D eigenvalue weighted by atomic mass is 16.1. The van der Waals surface area contributed by atoms with E-state index in [0.29, 0.717) is 11.4 Å². The number of carbonyl (C=O) groups excluding carboxylic acids is 1. The van der Waals surface area contributed by atoms with Crippen molar-refractivity contribution in [3.8, 4) is 0 Å². The molecular formula is C10H14N4O. The number of aryl methyl sites for hydroxylation is 1. The van der Waals surface area contributed by atoms with Crippen molar-refractivity contribution in [3.05, 3.63) is 23.4 Å². The van der Waals surface area contributed by atoms with E-state index in [2.05, 4.69) is 4.98 Å². The maximum Gasteiger partial charge on any atom is 0.252 e. The molecule has 1 saturated heterocycles. The van der Waals surface area contributed by atoms with Crippen LogP contribution in [-0.2, 0) is 0 Å². The summed E-state index contributed by atoms with van der Waals surface area (Å²) in [5, 5.41) is 0. The average Bonchev–Trinajstić information content (AvgIpc) is 2.12. The summed E-state index contributed by atoms with van der Waals surface area (Å²) in [7, 11) is 0. The van der Waals surface area contributed by atoms with Crippen LogP contribution in [0.15, 0.2) is 12.1 Å². The summed E-state index contributed by atoms with van der Waals surface area (Å²) >= 11 is 0. The van der Waals surface area contributed by atoms with Crippen LogP contribution in [0.2, 0.25) is 0 Å². The first-order valence-electron chi connectivity index (χ1n) is 4.86. The van der Waals surface area contributed by atoms with Crippen LogP contribution < -0.4 is 16.4 Å². The summed E-state index contributed by atoms with van der Waals surface area (Å²) in [6.07, 6.45) is 0. The lowest BCUT2D eigenvalue weighted by atomic mass is 10.1. The molecular weight excluding hydrogens is 192 g/mol. The molecule has 1 aromatic rings. The SMILES string of the molecule is Cc1ccc(C(N)=O)c(N2CC(N)C2)n1. The molecule has 4 N–H and O–H groups in total. The smallest absolute Gasteiger partial charge is 0.252 e. The summed E-state index contributed by atoms with van der Waals surface area (Å²) in [5.41, 5.74) is 12.3. The van der Waals surface area contributed by atoms with E-state index in [-0.39, 0.29) is 6.04 Å². The third-order valence-electron chi connectivity index (χ3n) is 2.49. The minimum absolute atomic E-state index is 0.174. The molecule has 0 aromatic carbocycles. The second kappa shape index (κ2) is 3.51. The number of carbonyl (C=O) groups is 1. The van der Waals surface area contributed by atoms with Crippen LogP contribution in [0.25, 0.3) is 0 Å². The van der Waals surface area contributed by atoms with Crippen LogP contribution in [-0.4, -0.2) is 30.0 Å². The van der Waals surface area contributed by atoms with Gasteiger partial charge < -0.3 is 16.4 Å². The summed E-state index contributed by atoms with van der Waals surface area (Å²) in [4.78, 5) is 17.5. The van der Waals surface area contributed by atoms with Gasteiger partial charge in [0.1, 0.15) is 5.82 Å². The molecule has 0 saturated carbocycles. The first kappa shape index (κ1) is 9.92. The van der Waals surface area contributed by atoms with Gasteiger partial charge in [-0.05, 0) is 19.1 Å². The minimum atomic E-state index is -0.446. The molecule has 0 bridgehead atoms. The molecule has 1 fully saturated rings. The predicted octanol–water partition coefficient (Wildman–Crippen LogP) is -0.364. The Morgan fingerprint density at radius 1 is 1.53 bits per heavy atom. The van der Waals surface area contributed by atoms with E-state index in [0.717, 1.165) is 18.8 Å². The van der Waals surface area contributed by atoms with E-state index in [1.165, 1.54) is 0 Å². The van der Waals surface area contributed by atoms with E-state index in [1.807, 2.05) is 11.8 Å². The normalized spacial score (nSPS) is 16.3. The molecule has 2 rings (SSSR count). The molecule has 0 unspecified atom stereocenters. The van der Waals surface area contributed by atoms with Gasteiger partial charge in [-0.2, -0.15) is 0 Å². The minimum Gasteiger partial charge on any atom is -0.365 e. The fourth-order valence-electron chi connectivity index (χ4n) is 1.66. The van der Waals surface area contributed by atoms with Crippen LogP contribution in [0.5, 0.6) is 0 Å². The van der Waals surface area contributed by atoms with E-state index in [4.69, 9.17) is 11.5 Å². The highest BCUT2D eigenvalue weighted by molar-refractivity contribution is 5.97. The monoisotopic (exact) mass is 206 g/mol. The maximum absolute atomic E-state index is 11.2. The van der Waals surface area contributed by atoms with Crippen molar-refractivity contribution in [2.24, 2.45) is 11.5 Å². The largest absolute Gasteiger partial charge is 0.365 e. The van der Waals surface area contributed by atoms with Crippen LogP contribution in [0.4, 0.5) is 5.82 Å². The second-order valence-electron chi connectivity index (χ2n) is 3.85. The standard InChI is InChI=1S/C10H14N4O/c1-6-2-3-8(9(12)15)10(13-6)14-4-7(11)5-14/h2-3,7H,4-5,11H2,1H3,(H2,12,15).